The topological polar surface area (TPSA) is 98.5 Å². The molecule has 2 aromatic carbocycles. The lowest BCUT2D eigenvalue weighted by atomic mass is 10.0. The third kappa shape index (κ3) is 5.52. The fourth-order valence-corrected chi connectivity index (χ4v) is 2.61. The summed E-state index contributed by atoms with van der Waals surface area (Å²) in [5.74, 6) is -1.17. The summed E-state index contributed by atoms with van der Waals surface area (Å²) in [5, 5.41) is 13.3. The number of benzene rings is 2. The maximum atomic E-state index is 12.2. The highest BCUT2D eigenvalue weighted by Gasteiger charge is 2.22. The molecule has 0 radical (unpaired) electrons. The second-order valence-electron chi connectivity index (χ2n) is 6.03. The van der Waals surface area contributed by atoms with Crippen molar-refractivity contribution in [2.75, 3.05) is 6.54 Å². The first-order chi connectivity index (χ1) is 12.8. The molecule has 0 unspecified atom stereocenters. The number of nitrogens with one attached hydrogen (secondary N) is 1. The minimum absolute atomic E-state index is 0.0421. The molecule has 0 fully saturated rings. The van der Waals surface area contributed by atoms with Gasteiger partial charge in [0.25, 0.3) is 11.6 Å². The zero-order chi connectivity index (χ0) is 20.0. The summed E-state index contributed by atoms with van der Waals surface area (Å²) in [6.45, 7) is 3.81. The van der Waals surface area contributed by atoms with E-state index in [4.69, 9.17) is 16.3 Å². The number of non-ortho nitro benzene ring substituents is 1. The maximum Gasteiger partial charge on any atom is 0.340 e. The number of carbonyl (C=O) groups is 2. The van der Waals surface area contributed by atoms with E-state index in [0.29, 0.717) is 6.54 Å². The Balaban J connectivity index is 1.92. The number of nitrogens with zero attached hydrogens (tertiary/aromatic N) is 1. The molecule has 2 rings (SSSR count). The molecule has 0 bridgehead atoms. The van der Waals surface area contributed by atoms with Gasteiger partial charge in [0.2, 0.25) is 0 Å². The predicted molar refractivity (Wildman–Crippen MR) is 101 cm³/mol. The lowest BCUT2D eigenvalue weighted by Crippen LogP contribution is -2.37. The summed E-state index contributed by atoms with van der Waals surface area (Å²) < 4.78 is 5.11. The number of rotatable bonds is 7. The molecule has 0 saturated carbocycles. The fraction of sp³-hybridized carbons (Fsp3) is 0.263. The Hall–Kier alpha value is -2.93. The Morgan fingerprint density at radius 2 is 1.85 bits per heavy atom. The second-order valence-corrected chi connectivity index (χ2v) is 6.43. The van der Waals surface area contributed by atoms with Gasteiger partial charge in [-0.1, -0.05) is 48.9 Å². The molecule has 142 valence electrons. The van der Waals surface area contributed by atoms with Crippen molar-refractivity contribution in [3.63, 3.8) is 0 Å². The van der Waals surface area contributed by atoms with Gasteiger partial charge in [-0.05, 0) is 24.5 Å². The lowest BCUT2D eigenvalue weighted by Gasteiger charge is -2.17. The minimum Gasteiger partial charge on any atom is -0.449 e. The first-order valence-corrected chi connectivity index (χ1v) is 8.65. The SMILES string of the molecule is C[C@H](CNC(=O)[C@@H](C)OC(=O)c1ccc([N+](=O)[O-])cc1Cl)c1ccccc1. The predicted octanol–water partition coefficient (Wildman–Crippen LogP) is 3.71. The Labute approximate surface area is 161 Å². The number of ether oxygens (including phenoxy) is 1. The summed E-state index contributed by atoms with van der Waals surface area (Å²) in [7, 11) is 0. The van der Waals surface area contributed by atoms with Crippen LogP contribution in [0.5, 0.6) is 0 Å². The van der Waals surface area contributed by atoms with Crippen molar-refractivity contribution in [1.29, 1.82) is 0 Å². The largest absolute Gasteiger partial charge is 0.449 e. The molecule has 0 heterocycles. The second kappa shape index (κ2) is 9.14. The number of halogens is 1. The lowest BCUT2D eigenvalue weighted by molar-refractivity contribution is -0.384. The highest BCUT2D eigenvalue weighted by molar-refractivity contribution is 6.33. The van der Waals surface area contributed by atoms with Gasteiger partial charge in [-0.15, -0.1) is 0 Å². The van der Waals surface area contributed by atoms with Gasteiger partial charge in [-0.25, -0.2) is 4.79 Å². The summed E-state index contributed by atoms with van der Waals surface area (Å²) in [6, 6.07) is 13.1. The first-order valence-electron chi connectivity index (χ1n) is 8.27. The van der Waals surface area contributed by atoms with Crippen LogP contribution in [0, 0.1) is 10.1 Å². The van der Waals surface area contributed by atoms with Crippen LogP contribution in [-0.2, 0) is 9.53 Å². The van der Waals surface area contributed by atoms with Gasteiger partial charge in [-0.3, -0.25) is 14.9 Å². The summed E-state index contributed by atoms with van der Waals surface area (Å²) >= 11 is 5.90. The molecular weight excluding hydrogens is 372 g/mol. The van der Waals surface area contributed by atoms with Crippen molar-refractivity contribution >= 4 is 29.2 Å². The van der Waals surface area contributed by atoms with Gasteiger partial charge in [0.1, 0.15) is 0 Å². The summed E-state index contributed by atoms with van der Waals surface area (Å²) in [6.07, 6.45) is -1.04. The number of hydrogen-bond donors (Lipinski definition) is 1. The van der Waals surface area contributed by atoms with E-state index in [-0.39, 0.29) is 22.2 Å². The van der Waals surface area contributed by atoms with Crippen molar-refractivity contribution in [3.05, 3.63) is 74.8 Å². The van der Waals surface area contributed by atoms with Crippen LogP contribution < -0.4 is 5.32 Å². The molecule has 0 saturated heterocycles. The van der Waals surface area contributed by atoms with Crippen LogP contribution in [0.1, 0.15) is 35.7 Å². The van der Waals surface area contributed by atoms with E-state index in [2.05, 4.69) is 5.32 Å². The van der Waals surface area contributed by atoms with Crippen LogP contribution >= 0.6 is 11.6 Å². The van der Waals surface area contributed by atoms with Gasteiger partial charge >= 0.3 is 5.97 Å². The fourth-order valence-electron chi connectivity index (χ4n) is 2.36. The quantitative estimate of drug-likeness (QED) is 0.441. The van der Waals surface area contributed by atoms with E-state index >= 15 is 0 Å². The Morgan fingerprint density at radius 1 is 1.19 bits per heavy atom. The molecule has 0 aliphatic rings. The molecule has 27 heavy (non-hydrogen) atoms. The number of carbonyl (C=O) groups excluding carboxylic acids is 2. The summed E-state index contributed by atoms with van der Waals surface area (Å²) in [4.78, 5) is 34.4. The van der Waals surface area contributed by atoms with Crippen molar-refractivity contribution in [2.24, 2.45) is 0 Å². The van der Waals surface area contributed by atoms with Crippen LogP contribution in [0.4, 0.5) is 5.69 Å². The molecule has 0 spiro atoms. The molecule has 8 heteroatoms. The van der Waals surface area contributed by atoms with Crippen LogP contribution in [0.2, 0.25) is 5.02 Å². The average molecular weight is 391 g/mol. The number of amides is 1. The van der Waals surface area contributed by atoms with Crippen LogP contribution in [0.25, 0.3) is 0 Å². The number of nitro groups is 1. The van der Waals surface area contributed by atoms with E-state index in [9.17, 15) is 19.7 Å². The normalized spacial score (nSPS) is 12.7. The maximum absolute atomic E-state index is 12.2. The zero-order valence-electron chi connectivity index (χ0n) is 14.8. The number of nitro benzene ring substituents is 1. The van der Waals surface area contributed by atoms with E-state index in [1.54, 1.807) is 0 Å². The third-order valence-corrected chi connectivity index (χ3v) is 4.30. The van der Waals surface area contributed by atoms with Crippen molar-refractivity contribution in [1.82, 2.24) is 5.32 Å². The highest BCUT2D eigenvalue weighted by atomic mass is 35.5. The van der Waals surface area contributed by atoms with Gasteiger partial charge in [-0.2, -0.15) is 0 Å². The highest BCUT2D eigenvalue weighted by Crippen LogP contribution is 2.23. The molecule has 2 aromatic rings. The van der Waals surface area contributed by atoms with E-state index in [1.165, 1.54) is 13.0 Å². The molecule has 1 amide bonds. The Morgan fingerprint density at radius 3 is 2.44 bits per heavy atom. The van der Waals surface area contributed by atoms with E-state index in [0.717, 1.165) is 17.7 Å². The monoisotopic (exact) mass is 390 g/mol. The molecule has 0 aliphatic carbocycles. The Kier molecular flexibility index (Phi) is 6.90. The molecule has 1 N–H and O–H groups in total. The van der Waals surface area contributed by atoms with Gasteiger partial charge < -0.3 is 10.1 Å². The number of esters is 1. The van der Waals surface area contributed by atoms with Crippen molar-refractivity contribution < 1.29 is 19.2 Å². The van der Waals surface area contributed by atoms with Crippen LogP contribution in [0.15, 0.2) is 48.5 Å². The molecular formula is C19H19ClN2O5. The molecule has 0 aliphatic heterocycles. The third-order valence-electron chi connectivity index (χ3n) is 3.99. The molecule has 0 aromatic heterocycles. The van der Waals surface area contributed by atoms with Crippen molar-refractivity contribution in [2.45, 2.75) is 25.9 Å². The summed E-state index contributed by atoms with van der Waals surface area (Å²) in [5.41, 5.74) is 0.803. The first kappa shape index (κ1) is 20.4. The van der Waals surface area contributed by atoms with Crippen molar-refractivity contribution in [3.8, 4) is 0 Å². The van der Waals surface area contributed by atoms with E-state index < -0.39 is 22.9 Å². The minimum atomic E-state index is -1.04. The number of hydrogen-bond acceptors (Lipinski definition) is 5. The van der Waals surface area contributed by atoms with Crippen LogP contribution in [-0.4, -0.2) is 29.4 Å². The standard InChI is InChI=1S/C19H19ClN2O5/c1-12(14-6-4-3-5-7-14)11-21-18(23)13(2)27-19(24)16-9-8-15(22(25)26)10-17(16)20/h3-10,12-13H,11H2,1-2H3,(H,21,23)/t12-,13-/m1/s1. The van der Waals surface area contributed by atoms with Gasteiger partial charge in [0.15, 0.2) is 6.10 Å². The van der Waals surface area contributed by atoms with Gasteiger partial charge in [0, 0.05) is 18.7 Å². The Bertz CT molecular complexity index is 841. The van der Waals surface area contributed by atoms with Crippen LogP contribution in [0.3, 0.4) is 0 Å². The molecule has 2 atom stereocenters. The van der Waals surface area contributed by atoms with Gasteiger partial charge in [0.05, 0.1) is 15.5 Å². The zero-order valence-corrected chi connectivity index (χ0v) is 15.6. The average Bonchev–Trinajstić information content (AvgIpc) is 2.66. The smallest absolute Gasteiger partial charge is 0.340 e. The molecule has 7 nitrogen and oxygen atoms in total. The van der Waals surface area contributed by atoms with E-state index in [1.807, 2.05) is 37.3 Å².